The summed E-state index contributed by atoms with van der Waals surface area (Å²) in [6.45, 7) is 2.43. The van der Waals surface area contributed by atoms with Gasteiger partial charge in [-0.05, 0) is 74.2 Å². The lowest BCUT2D eigenvalue weighted by atomic mass is 9.94. The van der Waals surface area contributed by atoms with Crippen molar-refractivity contribution in [3.63, 3.8) is 0 Å². The molecule has 156 valence electrons. The summed E-state index contributed by atoms with van der Waals surface area (Å²) in [5, 5.41) is 7.13. The lowest BCUT2D eigenvalue weighted by molar-refractivity contribution is 0.373. The molecule has 4 rings (SSSR count). The van der Waals surface area contributed by atoms with Crippen LogP contribution >= 0.6 is 11.6 Å². The van der Waals surface area contributed by atoms with Crippen molar-refractivity contribution in [2.45, 2.75) is 25.8 Å². The van der Waals surface area contributed by atoms with Crippen molar-refractivity contribution in [3.05, 3.63) is 76.6 Å². The van der Waals surface area contributed by atoms with Crippen molar-refractivity contribution in [1.82, 2.24) is 15.3 Å². The Balaban J connectivity index is 1.49. The second-order valence-electron chi connectivity index (χ2n) is 7.58. The van der Waals surface area contributed by atoms with E-state index in [1.165, 1.54) is 18.9 Å². The highest BCUT2D eigenvalue weighted by atomic mass is 35.5. The summed E-state index contributed by atoms with van der Waals surface area (Å²) in [6.07, 6.45) is 4.99. The lowest BCUT2D eigenvalue weighted by Gasteiger charge is -2.22. The molecule has 0 radical (unpaired) electrons. The van der Waals surface area contributed by atoms with Gasteiger partial charge in [0.2, 0.25) is 0 Å². The van der Waals surface area contributed by atoms with E-state index in [2.05, 4.69) is 20.6 Å². The van der Waals surface area contributed by atoms with Gasteiger partial charge in [0.15, 0.2) is 11.6 Å². The van der Waals surface area contributed by atoms with E-state index in [1.54, 1.807) is 12.3 Å². The SMILES string of the molecule is Fc1ccc(CNc2cccc(-c3cc(C[C@@H]4CCCNC4)ncc3Cl)n2)cc1F. The highest BCUT2D eigenvalue weighted by molar-refractivity contribution is 6.33. The second-order valence-corrected chi connectivity index (χ2v) is 7.99. The van der Waals surface area contributed by atoms with Crippen LogP contribution in [0.2, 0.25) is 5.02 Å². The first-order valence-electron chi connectivity index (χ1n) is 10.1. The number of anilines is 1. The van der Waals surface area contributed by atoms with Crippen molar-refractivity contribution in [3.8, 4) is 11.3 Å². The smallest absolute Gasteiger partial charge is 0.159 e. The normalized spacial score (nSPS) is 16.4. The molecular formula is C23H23ClF2N4. The van der Waals surface area contributed by atoms with Gasteiger partial charge in [-0.2, -0.15) is 0 Å². The van der Waals surface area contributed by atoms with Crippen LogP contribution in [0.4, 0.5) is 14.6 Å². The van der Waals surface area contributed by atoms with Gasteiger partial charge in [0.05, 0.1) is 10.7 Å². The van der Waals surface area contributed by atoms with E-state index in [9.17, 15) is 8.78 Å². The van der Waals surface area contributed by atoms with Crippen molar-refractivity contribution in [2.75, 3.05) is 18.4 Å². The third-order valence-electron chi connectivity index (χ3n) is 5.29. The van der Waals surface area contributed by atoms with Crippen molar-refractivity contribution < 1.29 is 8.78 Å². The molecule has 0 amide bonds. The average molecular weight is 429 g/mol. The lowest BCUT2D eigenvalue weighted by Crippen LogP contribution is -2.31. The van der Waals surface area contributed by atoms with E-state index in [4.69, 9.17) is 11.6 Å². The molecule has 1 aliphatic heterocycles. The van der Waals surface area contributed by atoms with Gasteiger partial charge in [0, 0.05) is 24.0 Å². The summed E-state index contributed by atoms with van der Waals surface area (Å²) in [5.41, 5.74) is 3.21. The first-order valence-corrected chi connectivity index (χ1v) is 10.5. The Hall–Kier alpha value is -2.57. The van der Waals surface area contributed by atoms with E-state index in [1.807, 2.05) is 24.3 Å². The molecule has 3 heterocycles. The highest BCUT2D eigenvalue weighted by Crippen LogP contribution is 2.28. The summed E-state index contributed by atoms with van der Waals surface area (Å²) in [5.74, 6) is -0.508. The van der Waals surface area contributed by atoms with E-state index in [-0.39, 0.29) is 0 Å². The number of nitrogens with one attached hydrogen (secondary N) is 2. The Morgan fingerprint density at radius 1 is 1.13 bits per heavy atom. The summed E-state index contributed by atoms with van der Waals surface area (Å²) in [6, 6.07) is 11.5. The van der Waals surface area contributed by atoms with E-state index in [0.29, 0.717) is 28.9 Å². The molecule has 2 N–H and O–H groups in total. The Bertz CT molecular complexity index is 1020. The topological polar surface area (TPSA) is 49.8 Å². The number of hydrogen-bond acceptors (Lipinski definition) is 4. The number of halogens is 3. The van der Waals surface area contributed by atoms with E-state index in [0.717, 1.165) is 42.5 Å². The maximum absolute atomic E-state index is 13.4. The molecular weight excluding hydrogens is 406 g/mol. The van der Waals surface area contributed by atoms with Gasteiger partial charge < -0.3 is 10.6 Å². The molecule has 1 fully saturated rings. The minimum atomic E-state index is -0.861. The maximum Gasteiger partial charge on any atom is 0.159 e. The number of pyridine rings is 2. The Kier molecular flexibility index (Phi) is 6.55. The summed E-state index contributed by atoms with van der Waals surface area (Å²) in [7, 11) is 0. The van der Waals surface area contributed by atoms with Crippen molar-refractivity contribution >= 4 is 17.4 Å². The first kappa shape index (κ1) is 20.7. The van der Waals surface area contributed by atoms with Crippen LogP contribution in [0.1, 0.15) is 24.1 Å². The molecule has 1 aromatic carbocycles. The second kappa shape index (κ2) is 9.49. The summed E-state index contributed by atoms with van der Waals surface area (Å²) >= 11 is 6.42. The molecule has 1 saturated heterocycles. The van der Waals surface area contributed by atoms with Crippen LogP contribution in [0.3, 0.4) is 0 Å². The summed E-state index contributed by atoms with van der Waals surface area (Å²) < 4.78 is 26.5. The van der Waals surface area contributed by atoms with Gasteiger partial charge in [-0.25, -0.2) is 13.8 Å². The van der Waals surface area contributed by atoms with Crippen LogP contribution in [-0.2, 0) is 13.0 Å². The fourth-order valence-corrected chi connectivity index (χ4v) is 3.91. The molecule has 3 aromatic rings. The van der Waals surface area contributed by atoms with Gasteiger partial charge in [-0.15, -0.1) is 0 Å². The quantitative estimate of drug-likeness (QED) is 0.564. The van der Waals surface area contributed by atoms with Crippen LogP contribution in [0, 0.1) is 17.6 Å². The summed E-state index contributed by atoms with van der Waals surface area (Å²) in [4.78, 5) is 9.15. The Morgan fingerprint density at radius 2 is 2.03 bits per heavy atom. The van der Waals surface area contributed by atoms with E-state index < -0.39 is 11.6 Å². The molecule has 1 atom stereocenters. The molecule has 0 aliphatic carbocycles. The van der Waals surface area contributed by atoms with E-state index >= 15 is 0 Å². The van der Waals surface area contributed by atoms with Gasteiger partial charge >= 0.3 is 0 Å². The maximum atomic E-state index is 13.4. The molecule has 2 aromatic heterocycles. The highest BCUT2D eigenvalue weighted by Gasteiger charge is 2.16. The van der Waals surface area contributed by atoms with Gasteiger partial charge in [0.25, 0.3) is 0 Å². The number of piperidine rings is 1. The standard InChI is InChI=1S/C23H23ClF2N4/c24-19-14-28-17(9-15-3-2-8-27-12-15)11-18(19)22-4-1-5-23(30-22)29-13-16-6-7-20(25)21(26)10-16/h1,4-7,10-11,14-15,27H,2-3,8-9,12-13H2,(H,29,30)/t15-/m0/s1. The van der Waals surface area contributed by atoms with Crippen LogP contribution in [0.25, 0.3) is 11.3 Å². The molecule has 4 nitrogen and oxygen atoms in total. The van der Waals surface area contributed by atoms with Crippen molar-refractivity contribution in [2.24, 2.45) is 5.92 Å². The van der Waals surface area contributed by atoms with Gasteiger partial charge in [-0.3, -0.25) is 4.98 Å². The number of rotatable bonds is 6. The molecule has 7 heteroatoms. The fraction of sp³-hybridized carbons (Fsp3) is 0.304. The minimum absolute atomic E-state index is 0.331. The van der Waals surface area contributed by atoms with Crippen molar-refractivity contribution in [1.29, 1.82) is 0 Å². The zero-order valence-corrected chi connectivity index (χ0v) is 17.2. The zero-order valence-electron chi connectivity index (χ0n) is 16.5. The third-order valence-corrected chi connectivity index (χ3v) is 5.59. The molecule has 0 spiro atoms. The number of nitrogens with zero attached hydrogens (tertiary/aromatic N) is 2. The predicted molar refractivity (Wildman–Crippen MR) is 115 cm³/mol. The van der Waals surface area contributed by atoms with Crippen LogP contribution in [0.15, 0.2) is 48.7 Å². The zero-order chi connectivity index (χ0) is 20.9. The van der Waals surface area contributed by atoms with Crippen LogP contribution < -0.4 is 10.6 Å². The number of hydrogen-bond donors (Lipinski definition) is 2. The predicted octanol–water partition coefficient (Wildman–Crippen LogP) is 5.23. The largest absolute Gasteiger partial charge is 0.366 e. The van der Waals surface area contributed by atoms with Gasteiger partial charge in [0.1, 0.15) is 5.82 Å². The monoisotopic (exact) mass is 428 g/mol. The Labute approximate surface area is 179 Å². The third kappa shape index (κ3) is 5.12. The minimum Gasteiger partial charge on any atom is -0.366 e. The van der Waals surface area contributed by atoms with Crippen LogP contribution in [-0.4, -0.2) is 23.1 Å². The average Bonchev–Trinajstić information content (AvgIpc) is 2.77. The molecule has 1 aliphatic rings. The Morgan fingerprint density at radius 3 is 2.83 bits per heavy atom. The fourth-order valence-electron chi connectivity index (χ4n) is 3.71. The molecule has 30 heavy (non-hydrogen) atoms. The number of aromatic nitrogens is 2. The van der Waals surface area contributed by atoms with Crippen LogP contribution in [0.5, 0.6) is 0 Å². The van der Waals surface area contributed by atoms with Gasteiger partial charge in [-0.1, -0.05) is 23.7 Å². The molecule has 0 saturated carbocycles. The first-order chi connectivity index (χ1) is 14.6. The molecule has 0 bridgehead atoms. The number of benzene rings is 1. The molecule has 0 unspecified atom stereocenters.